The maximum absolute atomic E-state index is 11.8. The van der Waals surface area contributed by atoms with Crippen LogP contribution in [0, 0.1) is 0 Å². The van der Waals surface area contributed by atoms with E-state index < -0.39 is 10.0 Å². The molecule has 0 unspecified atom stereocenters. The van der Waals surface area contributed by atoms with Crippen LogP contribution in [-0.2, 0) is 25.9 Å². The zero-order valence-electron chi connectivity index (χ0n) is 24.6. The van der Waals surface area contributed by atoms with Crippen LogP contribution in [-0.4, -0.2) is 111 Å². The van der Waals surface area contributed by atoms with Crippen molar-refractivity contribution in [1.29, 1.82) is 0 Å². The molecule has 3 aliphatic rings. The van der Waals surface area contributed by atoms with Gasteiger partial charge in [0, 0.05) is 57.2 Å². The molecular weight excluding hydrogens is 572 g/mol. The third-order valence-electron chi connectivity index (χ3n) is 8.08. The van der Waals surface area contributed by atoms with Crippen molar-refractivity contribution in [2.45, 2.75) is 44.2 Å². The standard InChI is InChI=1S/C29H40N8O5S/c1-43(38,39)35-23-16-25-26(30-20-23)17-27(37-10-14-41-15-11-37)34-28(25)42-24-4-2-22(3-5-24)33-29-31-18-21(19-32-29)6-7-36-8-12-40-13-9-36/h16-20,22,24,35H,2-15H2,1H3,(H,31,32,33)/t22-,24+. The van der Waals surface area contributed by atoms with E-state index >= 15 is 0 Å². The lowest BCUT2D eigenvalue weighted by atomic mass is 9.93. The van der Waals surface area contributed by atoms with E-state index in [1.54, 1.807) is 6.07 Å². The first-order valence-electron chi connectivity index (χ1n) is 15.0. The Bertz CT molecular complexity index is 1470. The number of hydrogen-bond acceptors (Lipinski definition) is 12. The quantitative estimate of drug-likeness (QED) is 0.347. The number of pyridine rings is 2. The third-order valence-corrected chi connectivity index (χ3v) is 8.69. The molecule has 13 nitrogen and oxygen atoms in total. The molecule has 3 fully saturated rings. The number of nitrogens with zero attached hydrogens (tertiary/aromatic N) is 6. The van der Waals surface area contributed by atoms with Gasteiger partial charge in [0.2, 0.25) is 21.9 Å². The highest BCUT2D eigenvalue weighted by Crippen LogP contribution is 2.33. The molecule has 232 valence electrons. The number of hydrogen-bond donors (Lipinski definition) is 2. The summed E-state index contributed by atoms with van der Waals surface area (Å²) < 4.78 is 43.6. The average molecular weight is 613 g/mol. The number of rotatable bonds is 10. The van der Waals surface area contributed by atoms with Gasteiger partial charge in [-0.3, -0.25) is 14.6 Å². The van der Waals surface area contributed by atoms with Gasteiger partial charge in [-0.05, 0) is 43.7 Å². The number of ether oxygens (including phenoxy) is 3. The summed E-state index contributed by atoms with van der Waals surface area (Å²) in [6.07, 6.45) is 10.9. The molecule has 0 bridgehead atoms. The fourth-order valence-corrected chi connectivity index (χ4v) is 6.27. The molecule has 5 heterocycles. The largest absolute Gasteiger partial charge is 0.474 e. The van der Waals surface area contributed by atoms with E-state index in [0.29, 0.717) is 41.6 Å². The Balaban J connectivity index is 1.08. The second kappa shape index (κ2) is 13.5. The Morgan fingerprint density at radius 2 is 1.63 bits per heavy atom. The van der Waals surface area contributed by atoms with Gasteiger partial charge in [-0.25, -0.2) is 18.4 Å². The van der Waals surface area contributed by atoms with Crippen LogP contribution >= 0.6 is 0 Å². The topological polar surface area (TPSA) is 144 Å². The van der Waals surface area contributed by atoms with E-state index in [-0.39, 0.29) is 12.1 Å². The molecule has 3 aromatic heterocycles. The van der Waals surface area contributed by atoms with E-state index in [4.69, 9.17) is 19.2 Å². The Kier molecular flexibility index (Phi) is 9.36. The van der Waals surface area contributed by atoms with Crippen LogP contribution in [0.5, 0.6) is 5.88 Å². The van der Waals surface area contributed by atoms with Gasteiger partial charge in [-0.1, -0.05) is 0 Å². The van der Waals surface area contributed by atoms with Gasteiger partial charge in [0.05, 0.1) is 55.5 Å². The van der Waals surface area contributed by atoms with Crippen LogP contribution < -0.4 is 19.7 Å². The van der Waals surface area contributed by atoms with E-state index in [0.717, 1.165) is 95.7 Å². The maximum atomic E-state index is 11.8. The van der Waals surface area contributed by atoms with Crippen molar-refractivity contribution in [2.75, 3.05) is 80.3 Å². The molecule has 0 aromatic carbocycles. The van der Waals surface area contributed by atoms with Gasteiger partial charge >= 0.3 is 0 Å². The third kappa shape index (κ3) is 8.19. The molecule has 2 saturated heterocycles. The van der Waals surface area contributed by atoms with E-state index in [1.807, 2.05) is 18.5 Å². The van der Waals surface area contributed by atoms with Crippen molar-refractivity contribution < 1.29 is 22.6 Å². The van der Waals surface area contributed by atoms with E-state index in [9.17, 15) is 8.42 Å². The van der Waals surface area contributed by atoms with Gasteiger partial charge in [0.15, 0.2) is 0 Å². The molecule has 14 heteroatoms. The molecule has 2 N–H and O–H groups in total. The van der Waals surface area contributed by atoms with Crippen LogP contribution in [0.15, 0.2) is 30.7 Å². The van der Waals surface area contributed by atoms with Crippen molar-refractivity contribution in [3.05, 3.63) is 36.3 Å². The van der Waals surface area contributed by atoms with E-state index in [2.05, 4.69) is 34.8 Å². The van der Waals surface area contributed by atoms with Crippen molar-refractivity contribution in [2.24, 2.45) is 0 Å². The molecule has 0 radical (unpaired) electrons. The first-order valence-corrected chi connectivity index (χ1v) is 16.9. The summed E-state index contributed by atoms with van der Waals surface area (Å²) >= 11 is 0. The van der Waals surface area contributed by atoms with Crippen molar-refractivity contribution >= 4 is 38.4 Å². The average Bonchev–Trinajstić information content (AvgIpc) is 3.02. The maximum Gasteiger partial charge on any atom is 0.229 e. The van der Waals surface area contributed by atoms with Crippen molar-refractivity contribution in [3.8, 4) is 5.88 Å². The number of sulfonamides is 1. The lowest BCUT2D eigenvalue weighted by molar-refractivity contribution is 0.0384. The van der Waals surface area contributed by atoms with Crippen molar-refractivity contribution in [1.82, 2.24) is 24.8 Å². The second-order valence-electron chi connectivity index (χ2n) is 11.4. The summed E-state index contributed by atoms with van der Waals surface area (Å²) in [5.74, 6) is 1.90. The first-order chi connectivity index (χ1) is 20.9. The summed E-state index contributed by atoms with van der Waals surface area (Å²) in [7, 11) is -3.45. The van der Waals surface area contributed by atoms with Crippen LogP contribution in [0.3, 0.4) is 0 Å². The summed E-state index contributed by atoms with van der Waals surface area (Å²) in [5, 5.41) is 4.17. The minimum absolute atomic E-state index is 0.0244. The number of fused-ring (bicyclic) bond motifs is 1. The van der Waals surface area contributed by atoms with Gasteiger partial charge in [-0.15, -0.1) is 0 Å². The van der Waals surface area contributed by atoms with Crippen LogP contribution in [0.2, 0.25) is 0 Å². The highest BCUT2D eigenvalue weighted by Gasteiger charge is 2.25. The lowest BCUT2D eigenvalue weighted by Crippen LogP contribution is -2.37. The van der Waals surface area contributed by atoms with E-state index in [1.165, 1.54) is 6.20 Å². The smallest absolute Gasteiger partial charge is 0.229 e. The molecule has 6 rings (SSSR count). The molecule has 1 aliphatic carbocycles. The van der Waals surface area contributed by atoms with Gasteiger partial charge < -0.3 is 24.4 Å². The molecule has 0 amide bonds. The first kappa shape index (κ1) is 29.7. The number of nitrogens with one attached hydrogen (secondary N) is 2. The zero-order valence-corrected chi connectivity index (χ0v) is 25.4. The lowest BCUT2D eigenvalue weighted by Gasteiger charge is -2.31. The molecule has 43 heavy (non-hydrogen) atoms. The minimum Gasteiger partial charge on any atom is -0.474 e. The Hall–Kier alpha value is -3.33. The SMILES string of the molecule is CS(=O)(=O)Nc1cnc2cc(N3CCOCC3)nc(O[C@H]3CC[C@@H](Nc4ncc(CCN5CCOCC5)cn4)CC3)c2c1. The Morgan fingerprint density at radius 1 is 0.930 bits per heavy atom. The minimum atomic E-state index is -3.45. The molecular formula is C29H40N8O5S. The number of anilines is 3. The summed E-state index contributed by atoms with van der Waals surface area (Å²) in [6.45, 7) is 7.32. The summed E-state index contributed by atoms with van der Waals surface area (Å²) in [5.41, 5.74) is 2.21. The monoisotopic (exact) mass is 612 g/mol. The molecule has 3 aromatic rings. The molecule has 2 aliphatic heterocycles. The highest BCUT2D eigenvalue weighted by molar-refractivity contribution is 7.92. The fourth-order valence-electron chi connectivity index (χ4n) is 5.73. The summed E-state index contributed by atoms with van der Waals surface area (Å²) in [6, 6.07) is 3.92. The molecule has 1 saturated carbocycles. The highest BCUT2D eigenvalue weighted by atomic mass is 32.2. The van der Waals surface area contributed by atoms with Crippen molar-refractivity contribution in [3.63, 3.8) is 0 Å². The van der Waals surface area contributed by atoms with Gasteiger partial charge in [-0.2, -0.15) is 4.98 Å². The zero-order chi connectivity index (χ0) is 29.6. The Labute approximate surface area is 252 Å². The van der Waals surface area contributed by atoms with Crippen LogP contribution in [0.1, 0.15) is 31.2 Å². The normalized spacial score (nSPS) is 21.9. The Morgan fingerprint density at radius 3 is 2.33 bits per heavy atom. The summed E-state index contributed by atoms with van der Waals surface area (Å²) in [4.78, 5) is 23.1. The fraction of sp³-hybridized carbons (Fsp3) is 0.586. The van der Waals surface area contributed by atoms with Gasteiger partial charge in [0.25, 0.3) is 0 Å². The predicted molar refractivity (Wildman–Crippen MR) is 164 cm³/mol. The van der Waals surface area contributed by atoms with Crippen LogP contribution in [0.4, 0.5) is 17.5 Å². The second-order valence-corrected chi connectivity index (χ2v) is 13.2. The number of aromatic nitrogens is 4. The van der Waals surface area contributed by atoms with Crippen LogP contribution in [0.25, 0.3) is 10.9 Å². The molecule has 0 atom stereocenters. The predicted octanol–water partition coefficient (Wildman–Crippen LogP) is 2.30. The van der Waals surface area contributed by atoms with Gasteiger partial charge in [0.1, 0.15) is 11.9 Å². The molecule has 0 spiro atoms. The number of morpholine rings is 2.